The molecule has 1 N–H and O–H groups in total. The molecule has 0 saturated carbocycles. The summed E-state index contributed by atoms with van der Waals surface area (Å²) in [5.41, 5.74) is 2.36. The fourth-order valence-electron chi connectivity index (χ4n) is 3.07. The second kappa shape index (κ2) is 7.47. The van der Waals surface area contributed by atoms with Crippen molar-refractivity contribution in [1.29, 1.82) is 0 Å². The predicted molar refractivity (Wildman–Crippen MR) is 99.8 cm³/mol. The maximum Gasteiger partial charge on any atom is 0.229 e. The lowest BCUT2D eigenvalue weighted by Gasteiger charge is -2.18. The van der Waals surface area contributed by atoms with E-state index < -0.39 is 5.92 Å². The minimum Gasteiger partial charge on any atom is -0.497 e. The molecule has 6 nitrogen and oxygen atoms in total. The Bertz CT molecular complexity index is 834. The first-order valence-corrected chi connectivity index (χ1v) is 8.41. The minimum atomic E-state index is -0.418. The molecule has 0 bridgehead atoms. The van der Waals surface area contributed by atoms with Gasteiger partial charge in [0.1, 0.15) is 11.5 Å². The van der Waals surface area contributed by atoms with Crippen molar-refractivity contribution in [3.05, 3.63) is 48.0 Å². The van der Waals surface area contributed by atoms with Crippen molar-refractivity contribution in [2.45, 2.75) is 13.3 Å². The Morgan fingerprint density at radius 3 is 2.69 bits per heavy atom. The number of rotatable bonds is 5. The van der Waals surface area contributed by atoms with Crippen LogP contribution >= 0.6 is 0 Å². The fraction of sp³-hybridized carbons (Fsp3) is 0.300. The summed E-state index contributed by atoms with van der Waals surface area (Å²) in [4.78, 5) is 26.7. The predicted octanol–water partition coefficient (Wildman–Crippen LogP) is 3.00. The third-order valence-corrected chi connectivity index (χ3v) is 4.47. The van der Waals surface area contributed by atoms with Gasteiger partial charge in [0.15, 0.2) is 0 Å². The van der Waals surface area contributed by atoms with E-state index >= 15 is 0 Å². The summed E-state index contributed by atoms with van der Waals surface area (Å²) in [5.74, 6) is 0.590. The molecule has 1 saturated heterocycles. The molecule has 3 rings (SSSR count). The number of aryl methyl sites for hydroxylation is 1. The van der Waals surface area contributed by atoms with Crippen molar-refractivity contribution in [2.24, 2.45) is 5.92 Å². The summed E-state index contributed by atoms with van der Waals surface area (Å²) in [6, 6.07) is 12.9. The van der Waals surface area contributed by atoms with Gasteiger partial charge in [-0.25, -0.2) is 0 Å². The zero-order valence-corrected chi connectivity index (χ0v) is 15.1. The summed E-state index contributed by atoms with van der Waals surface area (Å²) in [6.07, 6.45) is 0.178. The molecule has 0 spiro atoms. The first kappa shape index (κ1) is 17.8. The van der Waals surface area contributed by atoms with Gasteiger partial charge in [-0.05, 0) is 36.8 Å². The summed E-state index contributed by atoms with van der Waals surface area (Å²) in [7, 11) is 3.14. The molecular formula is C20H22N2O4. The zero-order chi connectivity index (χ0) is 18.7. The molecule has 0 aliphatic carbocycles. The van der Waals surface area contributed by atoms with Gasteiger partial charge in [0.05, 0.1) is 25.8 Å². The van der Waals surface area contributed by atoms with Crippen LogP contribution in [0.2, 0.25) is 0 Å². The van der Waals surface area contributed by atoms with Gasteiger partial charge in [-0.15, -0.1) is 0 Å². The van der Waals surface area contributed by atoms with Crippen LogP contribution in [0.1, 0.15) is 12.0 Å². The highest BCUT2D eigenvalue weighted by Gasteiger charge is 2.35. The van der Waals surface area contributed by atoms with Crippen LogP contribution in [0.4, 0.5) is 11.4 Å². The van der Waals surface area contributed by atoms with E-state index in [4.69, 9.17) is 9.47 Å². The molecule has 2 aromatic rings. The van der Waals surface area contributed by atoms with E-state index in [1.807, 2.05) is 43.3 Å². The zero-order valence-electron chi connectivity index (χ0n) is 15.1. The van der Waals surface area contributed by atoms with Crippen LogP contribution in [0.5, 0.6) is 11.5 Å². The van der Waals surface area contributed by atoms with Gasteiger partial charge in [0, 0.05) is 24.7 Å². The lowest BCUT2D eigenvalue weighted by molar-refractivity contribution is -0.122. The molecule has 2 aromatic carbocycles. The van der Waals surface area contributed by atoms with Crippen LogP contribution in [0.25, 0.3) is 0 Å². The van der Waals surface area contributed by atoms with Gasteiger partial charge in [-0.2, -0.15) is 0 Å². The molecule has 0 radical (unpaired) electrons. The van der Waals surface area contributed by atoms with E-state index in [2.05, 4.69) is 5.32 Å². The van der Waals surface area contributed by atoms with Gasteiger partial charge in [-0.3, -0.25) is 9.59 Å². The Hall–Kier alpha value is -3.02. The molecule has 1 heterocycles. The Kier molecular flexibility index (Phi) is 5.11. The molecule has 1 aliphatic rings. The van der Waals surface area contributed by atoms with Gasteiger partial charge >= 0.3 is 0 Å². The molecule has 1 atom stereocenters. The monoisotopic (exact) mass is 354 g/mol. The number of carbonyl (C=O) groups excluding carboxylic acids is 2. The van der Waals surface area contributed by atoms with Crippen LogP contribution < -0.4 is 19.7 Å². The lowest BCUT2D eigenvalue weighted by atomic mass is 10.1. The fourth-order valence-corrected chi connectivity index (χ4v) is 3.07. The number of hydrogen-bond acceptors (Lipinski definition) is 4. The number of nitrogens with zero attached hydrogens (tertiary/aromatic N) is 1. The third-order valence-electron chi connectivity index (χ3n) is 4.47. The van der Waals surface area contributed by atoms with E-state index in [0.29, 0.717) is 23.7 Å². The Morgan fingerprint density at radius 2 is 1.96 bits per heavy atom. The third kappa shape index (κ3) is 3.64. The van der Waals surface area contributed by atoms with E-state index in [0.717, 1.165) is 11.3 Å². The van der Waals surface area contributed by atoms with Crippen LogP contribution in [0.15, 0.2) is 42.5 Å². The number of anilines is 2. The van der Waals surface area contributed by atoms with Gasteiger partial charge in [-0.1, -0.05) is 12.1 Å². The summed E-state index contributed by atoms with van der Waals surface area (Å²) in [5, 5.41) is 2.89. The van der Waals surface area contributed by atoms with Crippen LogP contribution in [-0.4, -0.2) is 32.6 Å². The smallest absolute Gasteiger partial charge is 0.229 e. The largest absolute Gasteiger partial charge is 0.497 e. The second-order valence-corrected chi connectivity index (χ2v) is 6.30. The Morgan fingerprint density at radius 1 is 1.15 bits per heavy atom. The summed E-state index contributed by atoms with van der Waals surface area (Å²) in [6.45, 7) is 2.28. The molecular weight excluding hydrogens is 332 g/mol. The molecule has 6 heteroatoms. The minimum absolute atomic E-state index is 0.0744. The normalized spacial score (nSPS) is 16.5. The van der Waals surface area contributed by atoms with Crippen molar-refractivity contribution >= 4 is 23.2 Å². The molecule has 2 amide bonds. The molecule has 1 aliphatic heterocycles. The Labute approximate surface area is 152 Å². The number of methoxy groups -OCH3 is 2. The first-order valence-electron chi connectivity index (χ1n) is 8.41. The van der Waals surface area contributed by atoms with Crippen LogP contribution in [0.3, 0.4) is 0 Å². The Balaban J connectivity index is 1.74. The van der Waals surface area contributed by atoms with Gasteiger partial charge in [0.2, 0.25) is 11.8 Å². The number of ether oxygens (including phenoxy) is 2. The molecule has 1 fully saturated rings. The van der Waals surface area contributed by atoms with Crippen LogP contribution in [0, 0.1) is 12.8 Å². The van der Waals surface area contributed by atoms with Crippen molar-refractivity contribution < 1.29 is 19.1 Å². The highest BCUT2D eigenvalue weighted by molar-refractivity contribution is 6.04. The highest BCUT2D eigenvalue weighted by atomic mass is 16.5. The standard InChI is InChI=1S/C20H22N2O4/c1-13-7-8-18(26-3)17(9-13)21-20(24)14-10-19(23)22(12-14)15-5-4-6-16(11-15)25-2/h4-9,11,14H,10,12H2,1-3H3,(H,21,24). The number of nitrogens with one attached hydrogen (secondary N) is 1. The topological polar surface area (TPSA) is 67.9 Å². The van der Waals surface area contributed by atoms with Crippen molar-refractivity contribution in [3.8, 4) is 11.5 Å². The van der Waals surface area contributed by atoms with Crippen LogP contribution in [-0.2, 0) is 9.59 Å². The van der Waals surface area contributed by atoms with Gasteiger partial charge in [0.25, 0.3) is 0 Å². The van der Waals surface area contributed by atoms with Crippen molar-refractivity contribution in [2.75, 3.05) is 31.0 Å². The van der Waals surface area contributed by atoms with E-state index in [9.17, 15) is 9.59 Å². The highest BCUT2D eigenvalue weighted by Crippen LogP contribution is 2.30. The summed E-state index contributed by atoms with van der Waals surface area (Å²) < 4.78 is 10.5. The van der Waals surface area contributed by atoms with E-state index in [-0.39, 0.29) is 18.2 Å². The SMILES string of the molecule is COc1cccc(N2CC(C(=O)Nc3cc(C)ccc3OC)CC2=O)c1. The van der Waals surface area contributed by atoms with E-state index in [1.165, 1.54) is 0 Å². The summed E-state index contributed by atoms with van der Waals surface area (Å²) >= 11 is 0. The quantitative estimate of drug-likeness (QED) is 0.896. The van der Waals surface area contributed by atoms with E-state index in [1.54, 1.807) is 25.2 Å². The number of amides is 2. The average molecular weight is 354 g/mol. The molecule has 1 unspecified atom stereocenters. The average Bonchev–Trinajstić information content (AvgIpc) is 3.04. The number of carbonyl (C=O) groups is 2. The van der Waals surface area contributed by atoms with Gasteiger partial charge < -0.3 is 19.7 Å². The lowest BCUT2D eigenvalue weighted by Crippen LogP contribution is -2.28. The first-order chi connectivity index (χ1) is 12.5. The molecule has 136 valence electrons. The van der Waals surface area contributed by atoms with Crippen molar-refractivity contribution in [1.82, 2.24) is 0 Å². The second-order valence-electron chi connectivity index (χ2n) is 6.30. The molecule has 0 aromatic heterocycles. The maximum atomic E-state index is 12.7. The number of benzene rings is 2. The van der Waals surface area contributed by atoms with Crippen molar-refractivity contribution in [3.63, 3.8) is 0 Å². The molecule has 26 heavy (non-hydrogen) atoms. The number of hydrogen-bond donors (Lipinski definition) is 1. The maximum absolute atomic E-state index is 12.7.